The number of nitrogens with zero attached hydrogens (tertiary/aromatic N) is 1. The van der Waals surface area contributed by atoms with Crippen molar-refractivity contribution in [3.8, 4) is 0 Å². The molecule has 1 aliphatic rings. The lowest BCUT2D eigenvalue weighted by Gasteiger charge is -2.23. The number of nitrogens with one attached hydrogen (secondary N) is 1. The molecule has 1 aromatic carbocycles. The molecule has 2 heterocycles. The van der Waals surface area contributed by atoms with Crippen LogP contribution in [0, 0.1) is 6.92 Å². The van der Waals surface area contributed by atoms with Crippen LogP contribution >= 0.6 is 11.3 Å². The minimum atomic E-state index is -0.352. The van der Waals surface area contributed by atoms with Crippen molar-refractivity contribution < 1.29 is 9.59 Å². The molecule has 4 nitrogen and oxygen atoms in total. The third-order valence-electron chi connectivity index (χ3n) is 4.09. The summed E-state index contributed by atoms with van der Waals surface area (Å²) in [5, 5.41) is 4.96. The second-order valence-corrected chi connectivity index (χ2v) is 6.89. The third kappa shape index (κ3) is 3.79. The topological polar surface area (TPSA) is 49.4 Å². The Bertz CT molecular complexity index is 697. The second-order valence-electron chi connectivity index (χ2n) is 5.86. The van der Waals surface area contributed by atoms with Gasteiger partial charge < -0.3 is 10.2 Å². The number of thiophene rings is 1. The van der Waals surface area contributed by atoms with Crippen molar-refractivity contribution in [2.75, 3.05) is 0 Å². The third-order valence-corrected chi connectivity index (χ3v) is 4.95. The number of aryl methyl sites for hydroxylation is 1. The minimum absolute atomic E-state index is 0.0612. The number of carbonyl (C=O) groups is 2. The van der Waals surface area contributed by atoms with Gasteiger partial charge in [-0.1, -0.05) is 35.9 Å². The lowest BCUT2D eigenvalue weighted by atomic mass is 10.1. The van der Waals surface area contributed by atoms with Crippen LogP contribution in [0.15, 0.2) is 41.8 Å². The number of rotatable bonds is 5. The van der Waals surface area contributed by atoms with E-state index in [1.165, 1.54) is 5.56 Å². The van der Waals surface area contributed by atoms with Crippen LogP contribution in [-0.4, -0.2) is 22.8 Å². The maximum Gasteiger partial charge on any atom is 0.243 e. The van der Waals surface area contributed by atoms with Crippen molar-refractivity contribution in [2.24, 2.45) is 0 Å². The van der Waals surface area contributed by atoms with Crippen molar-refractivity contribution in [2.45, 2.75) is 38.9 Å². The fourth-order valence-electron chi connectivity index (χ4n) is 2.90. The number of hydrogen-bond donors (Lipinski definition) is 1. The Morgan fingerprint density at radius 2 is 2.22 bits per heavy atom. The molecule has 1 aromatic heterocycles. The van der Waals surface area contributed by atoms with Crippen LogP contribution in [0.1, 0.15) is 28.8 Å². The van der Waals surface area contributed by atoms with E-state index >= 15 is 0 Å². The van der Waals surface area contributed by atoms with E-state index in [0.717, 1.165) is 10.4 Å². The van der Waals surface area contributed by atoms with Gasteiger partial charge in [-0.15, -0.1) is 11.3 Å². The van der Waals surface area contributed by atoms with Crippen LogP contribution < -0.4 is 5.32 Å². The smallest absolute Gasteiger partial charge is 0.243 e. The Morgan fingerprint density at radius 3 is 2.96 bits per heavy atom. The summed E-state index contributed by atoms with van der Waals surface area (Å²) in [6, 6.07) is 11.7. The van der Waals surface area contributed by atoms with Crippen molar-refractivity contribution >= 4 is 23.2 Å². The molecule has 0 aliphatic carbocycles. The summed E-state index contributed by atoms with van der Waals surface area (Å²) in [5.74, 6) is 0.00279. The number of hydrogen-bond acceptors (Lipinski definition) is 3. The second kappa shape index (κ2) is 6.96. The van der Waals surface area contributed by atoms with Crippen LogP contribution in [-0.2, 0) is 22.7 Å². The molecule has 23 heavy (non-hydrogen) atoms. The van der Waals surface area contributed by atoms with E-state index in [-0.39, 0.29) is 17.9 Å². The zero-order chi connectivity index (χ0) is 16.2. The van der Waals surface area contributed by atoms with Gasteiger partial charge in [0.2, 0.25) is 11.8 Å². The Morgan fingerprint density at radius 1 is 1.35 bits per heavy atom. The monoisotopic (exact) mass is 328 g/mol. The SMILES string of the molecule is Cc1cccc(CNC(=O)[C@H]2CCC(=O)N2Cc2cccs2)c1. The van der Waals surface area contributed by atoms with Crippen molar-refractivity contribution in [3.05, 3.63) is 57.8 Å². The van der Waals surface area contributed by atoms with Gasteiger partial charge in [0.05, 0.1) is 6.54 Å². The van der Waals surface area contributed by atoms with Gasteiger partial charge in [-0.25, -0.2) is 0 Å². The highest BCUT2D eigenvalue weighted by Crippen LogP contribution is 2.23. The molecule has 1 saturated heterocycles. The maximum absolute atomic E-state index is 12.5. The molecule has 0 bridgehead atoms. The summed E-state index contributed by atoms with van der Waals surface area (Å²) in [4.78, 5) is 27.4. The van der Waals surface area contributed by atoms with Crippen molar-refractivity contribution in [1.82, 2.24) is 10.2 Å². The summed E-state index contributed by atoms with van der Waals surface area (Å²) in [6.45, 7) is 3.06. The predicted molar refractivity (Wildman–Crippen MR) is 90.9 cm³/mol. The van der Waals surface area contributed by atoms with E-state index in [4.69, 9.17) is 0 Å². The molecule has 3 rings (SSSR count). The average Bonchev–Trinajstić information content (AvgIpc) is 3.16. The average molecular weight is 328 g/mol. The fourth-order valence-corrected chi connectivity index (χ4v) is 3.61. The molecule has 1 atom stereocenters. The predicted octanol–water partition coefficient (Wildman–Crippen LogP) is 2.86. The van der Waals surface area contributed by atoms with Gasteiger partial charge in [0.1, 0.15) is 6.04 Å². The summed E-state index contributed by atoms with van der Waals surface area (Å²) >= 11 is 1.61. The molecule has 2 aromatic rings. The number of likely N-dealkylation sites (tertiary alicyclic amines) is 1. The molecule has 120 valence electrons. The van der Waals surface area contributed by atoms with Crippen LogP contribution in [0.3, 0.4) is 0 Å². The fraction of sp³-hybridized carbons (Fsp3) is 0.333. The first-order valence-electron chi connectivity index (χ1n) is 7.78. The number of carbonyl (C=O) groups excluding carboxylic acids is 2. The zero-order valence-corrected chi connectivity index (χ0v) is 13.9. The molecule has 5 heteroatoms. The highest BCUT2D eigenvalue weighted by molar-refractivity contribution is 7.09. The molecule has 0 spiro atoms. The lowest BCUT2D eigenvalue weighted by Crippen LogP contribution is -2.44. The van der Waals surface area contributed by atoms with Crippen molar-refractivity contribution in [3.63, 3.8) is 0 Å². The molecule has 0 radical (unpaired) electrons. The first-order valence-corrected chi connectivity index (χ1v) is 8.66. The summed E-state index contributed by atoms with van der Waals surface area (Å²) < 4.78 is 0. The Balaban J connectivity index is 1.62. The van der Waals surface area contributed by atoms with E-state index in [1.807, 2.05) is 42.6 Å². The molecular weight excluding hydrogens is 308 g/mol. The molecule has 1 N–H and O–H groups in total. The Labute approximate surface area is 140 Å². The zero-order valence-electron chi connectivity index (χ0n) is 13.1. The van der Waals surface area contributed by atoms with Gasteiger partial charge in [0.15, 0.2) is 0 Å². The van der Waals surface area contributed by atoms with Crippen molar-refractivity contribution in [1.29, 1.82) is 0 Å². The van der Waals surface area contributed by atoms with Crippen LogP contribution in [0.2, 0.25) is 0 Å². The molecule has 0 saturated carbocycles. The van der Waals surface area contributed by atoms with Gasteiger partial charge in [0.25, 0.3) is 0 Å². The molecule has 0 unspecified atom stereocenters. The summed E-state index contributed by atoms with van der Waals surface area (Å²) in [5.41, 5.74) is 2.25. The van der Waals surface area contributed by atoms with Gasteiger partial charge in [-0.05, 0) is 30.4 Å². The Hall–Kier alpha value is -2.14. The highest BCUT2D eigenvalue weighted by Gasteiger charge is 2.35. The summed E-state index contributed by atoms with van der Waals surface area (Å²) in [6.07, 6.45) is 1.05. The first-order chi connectivity index (χ1) is 11.1. The number of benzene rings is 1. The van der Waals surface area contributed by atoms with Gasteiger partial charge in [-0.3, -0.25) is 9.59 Å². The van der Waals surface area contributed by atoms with Crippen LogP contribution in [0.25, 0.3) is 0 Å². The molecule has 1 fully saturated rings. The first kappa shape index (κ1) is 15.7. The highest BCUT2D eigenvalue weighted by atomic mass is 32.1. The van der Waals surface area contributed by atoms with Gasteiger partial charge in [0, 0.05) is 17.8 Å². The van der Waals surface area contributed by atoms with E-state index in [2.05, 4.69) is 11.4 Å². The van der Waals surface area contributed by atoms with Crippen LogP contribution in [0.5, 0.6) is 0 Å². The largest absolute Gasteiger partial charge is 0.350 e. The summed E-state index contributed by atoms with van der Waals surface area (Å²) in [7, 11) is 0. The van der Waals surface area contributed by atoms with E-state index < -0.39 is 0 Å². The number of amides is 2. The Kier molecular flexibility index (Phi) is 4.76. The minimum Gasteiger partial charge on any atom is -0.350 e. The normalized spacial score (nSPS) is 17.5. The molecular formula is C18H20N2O2S. The standard InChI is InChI=1S/C18H20N2O2S/c1-13-4-2-5-14(10-13)11-19-18(22)16-7-8-17(21)20(16)12-15-6-3-9-23-15/h2-6,9-10,16H,7-8,11-12H2,1H3,(H,19,22)/t16-/m1/s1. The quantitative estimate of drug-likeness (QED) is 0.917. The van der Waals surface area contributed by atoms with E-state index in [0.29, 0.717) is 25.9 Å². The maximum atomic E-state index is 12.5. The molecule has 2 amide bonds. The van der Waals surface area contributed by atoms with Crippen LogP contribution in [0.4, 0.5) is 0 Å². The van der Waals surface area contributed by atoms with E-state index in [1.54, 1.807) is 16.2 Å². The molecule has 1 aliphatic heterocycles. The van der Waals surface area contributed by atoms with E-state index in [9.17, 15) is 9.59 Å². The van der Waals surface area contributed by atoms with Gasteiger partial charge >= 0.3 is 0 Å². The lowest BCUT2D eigenvalue weighted by molar-refractivity contribution is -0.135. The van der Waals surface area contributed by atoms with Gasteiger partial charge in [-0.2, -0.15) is 0 Å².